The van der Waals surface area contributed by atoms with Crippen LogP contribution in [0, 0.1) is 5.92 Å². The monoisotopic (exact) mass is 375 g/mol. The summed E-state index contributed by atoms with van der Waals surface area (Å²) in [7, 11) is 4.04. The first-order chi connectivity index (χ1) is 12.7. The van der Waals surface area contributed by atoms with E-state index in [9.17, 15) is 0 Å². The van der Waals surface area contributed by atoms with E-state index in [4.69, 9.17) is 4.52 Å². The van der Waals surface area contributed by atoms with Crippen LogP contribution in [-0.4, -0.2) is 43.2 Å². The quantitative estimate of drug-likeness (QED) is 0.600. The zero-order valence-corrected chi connectivity index (χ0v) is 16.7. The Bertz CT molecular complexity index is 697. The normalized spacial score (nSPS) is 21.7. The number of likely N-dealkylation sites (tertiary alicyclic amines) is 1. The molecule has 26 heavy (non-hydrogen) atoms. The van der Waals surface area contributed by atoms with Gasteiger partial charge in [-0.05, 0) is 50.2 Å². The molecule has 0 bridgehead atoms. The maximum atomic E-state index is 5.32. The van der Waals surface area contributed by atoms with Gasteiger partial charge in [-0.3, -0.25) is 9.89 Å². The average Bonchev–Trinajstić information content (AvgIpc) is 3.33. The summed E-state index contributed by atoms with van der Waals surface area (Å²) in [5, 5.41) is 13.0. The van der Waals surface area contributed by atoms with E-state index in [-0.39, 0.29) is 0 Å². The molecule has 2 aromatic heterocycles. The SMILES string of the molecule is CCc1cc(CNC(=NC)NCC2CCCN(C)C2c2cccs2)on1. The van der Waals surface area contributed by atoms with Crippen LogP contribution in [0.1, 0.15) is 42.1 Å². The van der Waals surface area contributed by atoms with Crippen molar-refractivity contribution in [3.05, 3.63) is 39.9 Å². The molecule has 2 aromatic rings. The van der Waals surface area contributed by atoms with Crippen LogP contribution in [-0.2, 0) is 13.0 Å². The van der Waals surface area contributed by atoms with E-state index in [1.54, 1.807) is 7.05 Å². The third-order valence-electron chi connectivity index (χ3n) is 5.00. The van der Waals surface area contributed by atoms with E-state index < -0.39 is 0 Å². The van der Waals surface area contributed by atoms with Crippen molar-refractivity contribution in [3.8, 4) is 0 Å². The third-order valence-corrected chi connectivity index (χ3v) is 5.94. The number of aryl methyl sites for hydroxylation is 1. The van der Waals surface area contributed by atoms with Crippen LogP contribution in [0.5, 0.6) is 0 Å². The first kappa shape index (κ1) is 18.9. The fraction of sp³-hybridized carbons (Fsp3) is 0.579. The molecule has 1 aliphatic rings. The summed E-state index contributed by atoms with van der Waals surface area (Å²) >= 11 is 1.85. The van der Waals surface area contributed by atoms with Gasteiger partial charge in [0, 0.05) is 30.6 Å². The summed E-state index contributed by atoms with van der Waals surface area (Å²) in [4.78, 5) is 8.28. The summed E-state index contributed by atoms with van der Waals surface area (Å²) in [6.45, 7) is 4.73. The molecule has 0 saturated carbocycles. The highest BCUT2D eigenvalue weighted by Gasteiger charge is 2.31. The number of rotatable bonds is 6. The second kappa shape index (κ2) is 9.19. The Morgan fingerprint density at radius 3 is 3.04 bits per heavy atom. The molecule has 0 radical (unpaired) electrons. The van der Waals surface area contributed by atoms with Gasteiger partial charge in [0.05, 0.1) is 12.2 Å². The van der Waals surface area contributed by atoms with Crippen molar-refractivity contribution in [2.45, 2.75) is 38.8 Å². The van der Waals surface area contributed by atoms with E-state index in [1.165, 1.54) is 17.7 Å². The van der Waals surface area contributed by atoms with Crippen molar-refractivity contribution in [2.75, 3.05) is 27.2 Å². The van der Waals surface area contributed by atoms with Crippen molar-refractivity contribution in [1.82, 2.24) is 20.7 Å². The first-order valence-electron chi connectivity index (χ1n) is 9.34. The summed E-state index contributed by atoms with van der Waals surface area (Å²) in [6, 6.07) is 6.88. The van der Waals surface area contributed by atoms with Gasteiger partial charge in [-0.2, -0.15) is 0 Å². The lowest BCUT2D eigenvalue weighted by Crippen LogP contribution is -2.44. The molecule has 1 fully saturated rings. The minimum Gasteiger partial charge on any atom is -0.359 e. The van der Waals surface area contributed by atoms with Crippen LogP contribution in [0.4, 0.5) is 0 Å². The first-order valence-corrected chi connectivity index (χ1v) is 10.2. The van der Waals surface area contributed by atoms with E-state index in [0.717, 1.165) is 36.9 Å². The second-order valence-corrected chi connectivity index (χ2v) is 7.77. The zero-order valence-electron chi connectivity index (χ0n) is 15.9. The highest BCUT2D eigenvalue weighted by atomic mass is 32.1. The van der Waals surface area contributed by atoms with Crippen molar-refractivity contribution in [3.63, 3.8) is 0 Å². The van der Waals surface area contributed by atoms with Gasteiger partial charge in [0.25, 0.3) is 0 Å². The molecular weight excluding hydrogens is 346 g/mol. The molecule has 3 heterocycles. The molecule has 0 spiro atoms. The lowest BCUT2D eigenvalue weighted by Gasteiger charge is -2.39. The van der Waals surface area contributed by atoms with Gasteiger partial charge >= 0.3 is 0 Å². The minimum atomic E-state index is 0.482. The highest BCUT2D eigenvalue weighted by Crippen LogP contribution is 2.36. The molecule has 1 saturated heterocycles. The fourth-order valence-corrected chi connectivity index (χ4v) is 4.59. The largest absolute Gasteiger partial charge is 0.359 e. The number of piperidine rings is 1. The van der Waals surface area contributed by atoms with Gasteiger partial charge < -0.3 is 15.2 Å². The van der Waals surface area contributed by atoms with E-state index in [2.05, 4.69) is 57.2 Å². The van der Waals surface area contributed by atoms with Crippen molar-refractivity contribution in [1.29, 1.82) is 0 Å². The summed E-state index contributed by atoms with van der Waals surface area (Å²) in [5.41, 5.74) is 0.980. The Labute approximate surface area is 159 Å². The summed E-state index contributed by atoms with van der Waals surface area (Å²) in [5.74, 6) is 2.21. The maximum Gasteiger partial charge on any atom is 0.191 e. The number of thiophene rings is 1. The number of hydrogen-bond acceptors (Lipinski definition) is 5. The maximum absolute atomic E-state index is 5.32. The van der Waals surface area contributed by atoms with Gasteiger partial charge in [-0.1, -0.05) is 18.1 Å². The Morgan fingerprint density at radius 2 is 2.35 bits per heavy atom. The lowest BCUT2D eigenvalue weighted by atomic mass is 9.88. The van der Waals surface area contributed by atoms with Crippen LogP contribution < -0.4 is 10.6 Å². The molecule has 0 aliphatic carbocycles. The predicted octanol–water partition coefficient (Wildman–Crippen LogP) is 3.05. The Hall–Kier alpha value is -1.86. The molecule has 0 aromatic carbocycles. The number of hydrogen-bond donors (Lipinski definition) is 2. The summed E-state index contributed by atoms with van der Waals surface area (Å²) in [6.07, 6.45) is 3.36. The van der Waals surface area contributed by atoms with Gasteiger partial charge in [0.1, 0.15) is 0 Å². The molecule has 6 nitrogen and oxygen atoms in total. The molecule has 1 aliphatic heterocycles. The number of guanidine groups is 1. The Morgan fingerprint density at radius 1 is 1.46 bits per heavy atom. The van der Waals surface area contributed by atoms with Crippen LogP contribution in [0.2, 0.25) is 0 Å². The topological polar surface area (TPSA) is 65.7 Å². The van der Waals surface area contributed by atoms with Gasteiger partial charge in [-0.15, -0.1) is 11.3 Å². The zero-order chi connectivity index (χ0) is 18.4. The smallest absolute Gasteiger partial charge is 0.191 e. The van der Waals surface area contributed by atoms with Crippen LogP contribution >= 0.6 is 11.3 Å². The molecule has 2 unspecified atom stereocenters. The highest BCUT2D eigenvalue weighted by molar-refractivity contribution is 7.10. The molecule has 7 heteroatoms. The fourth-order valence-electron chi connectivity index (χ4n) is 3.61. The van der Waals surface area contributed by atoms with E-state index in [0.29, 0.717) is 18.5 Å². The van der Waals surface area contributed by atoms with Crippen LogP contribution in [0.3, 0.4) is 0 Å². The van der Waals surface area contributed by atoms with E-state index in [1.807, 2.05) is 17.4 Å². The van der Waals surface area contributed by atoms with Crippen LogP contribution in [0.15, 0.2) is 33.1 Å². The molecular formula is C19H29N5OS. The standard InChI is InChI=1S/C19H29N5OS/c1-4-15-11-16(25-23-15)13-22-19(20-2)21-12-14-7-5-9-24(3)18(14)17-8-6-10-26-17/h6,8,10-11,14,18H,4-5,7,9,12-13H2,1-3H3,(H2,20,21,22). The Balaban J connectivity index is 1.55. The molecule has 2 N–H and O–H groups in total. The molecule has 0 amide bonds. The van der Waals surface area contributed by atoms with Gasteiger partial charge in [-0.25, -0.2) is 0 Å². The van der Waals surface area contributed by atoms with Crippen molar-refractivity contribution in [2.24, 2.45) is 10.9 Å². The number of aromatic nitrogens is 1. The summed E-state index contributed by atoms with van der Waals surface area (Å²) < 4.78 is 5.32. The number of aliphatic imine (C=N–C) groups is 1. The minimum absolute atomic E-state index is 0.482. The van der Waals surface area contributed by atoms with Crippen molar-refractivity contribution < 1.29 is 4.52 Å². The average molecular weight is 376 g/mol. The van der Waals surface area contributed by atoms with E-state index >= 15 is 0 Å². The lowest BCUT2D eigenvalue weighted by molar-refractivity contribution is 0.125. The van der Waals surface area contributed by atoms with Crippen molar-refractivity contribution >= 4 is 17.3 Å². The molecule has 3 rings (SSSR count). The third kappa shape index (κ3) is 4.65. The molecule has 2 atom stereocenters. The van der Waals surface area contributed by atoms with Crippen LogP contribution in [0.25, 0.3) is 0 Å². The van der Waals surface area contributed by atoms with Gasteiger partial charge in [0.2, 0.25) is 0 Å². The van der Waals surface area contributed by atoms with Gasteiger partial charge in [0.15, 0.2) is 11.7 Å². The predicted molar refractivity (Wildman–Crippen MR) is 106 cm³/mol. The Kier molecular flexibility index (Phi) is 6.68. The number of nitrogens with zero attached hydrogens (tertiary/aromatic N) is 3. The molecule has 142 valence electrons. The second-order valence-electron chi connectivity index (χ2n) is 6.79. The number of nitrogens with one attached hydrogen (secondary N) is 2.